The number of benzene rings is 1. The maximum atomic E-state index is 5.61. The van der Waals surface area contributed by atoms with Crippen LogP contribution in [-0.2, 0) is 11.8 Å². The molecule has 9 heteroatoms. The highest BCUT2D eigenvalue weighted by Crippen LogP contribution is 2.42. The normalized spacial score (nSPS) is 17.1. The van der Waals surface area contributed by atoms with Gasteiger partial charge < -0.3 is 24.6 Å². The van der Waals surface area contributed by atoms with Crippen molar-refractivity contribution in [2.45, 2.75) is 33.9 Å². The molecule has 4 heterocycles. The number of rotatable bonds is 5. The van der Waals surface area contributed by atoms with Gasteiger partial charge in [-0.2, -0.15) is 5.10 Å². The van der Waals surface area contributed by atoms with E-state index in [0.717, 1.165) is 59.5 Å². The highest BCUT2D eigenvalue weighted by Gasteiger charge is 2.32. The van der Waals surface area contributed by atoms with Crippen LogP contribution in [0.25, 0.3) is 22.6 Å². The van der Waals surface area contributed by atoms with Gasteiger partial charge in [0.2, 0.25) is 0 Å². The Morgan fingerprint density at radius 3 is 2.50 bits per heavy atom. The van der Waals surface area contributed by atoms with Gasteiger partial charge in [0.05, 0.1) is 32.2 Å². The Morgan fingerprint density at radius 1 is 1.12 bits per heavy atom. The minimum Gasteiger partial charge on any atom is -0.496 e. The third-order valence-electron chi connectivity index (χ3n) is 6.06. The number of methoxy groups -OCH3 is 1. The predicted octanol–water partition coefficient (Wildman–Crippen LogP) is 4.01. The maximum absolute atomic E-state index is 5.61. The molecule has 1 aromatic carbocycles. The van der Waals surface area contributed by atoms with Crippen molar-refractivity contribution < 1.29 is 9.47 Å². The second-order valence-electron chi connectivity index (χ2n) is 8.06. The quantitative estimate of drug-likeness (QED) is 0.605. The molecule has 1 N–H and O–H groups in total. The fourth-order valence-corrected chi connectivity index (χ4v) is 4.41. The summed E-state index contributed by atoms with van der Waals surface area (Å²) in [7, 11) is 3.58. The number of morpholine rings is 1. The minimum absolute atomic E-state index is 0.166. The van der Waals surface area contributed by atoms with Crippen molar-refractivity contribution in [3.05, 3.63) is 30.5 Å². The van der Waals surface area contributed by atoms with Gasteiger partial charge in [-0.25, -0.2) is 9.97 Å². The lowest BCUT2D eigenvalue weighted by Gasteiger charge is -2.29. The van der Waals surface area contributed by atoms with E-state index in [9.17, 15) is 0 Å². The average Bonchev–Trinajstić information content (AvgIpc) is 3.46. The van der Waals surface area contributed by atoms with Gasteiger partial charge in [-0.15, -0.1) is 0 Å². The number of hydrogen-bond acceptors (Lipinski definition) is 8. The van der Waals surface area contributed by atoms with Crippen molar-refractivity contribution in [2.24, 2.45) is 7.05 Å². The van der Waals surface area contributed by atoms with Crippen LogP contribution >= 0.6 is 0 Å². The van der Waals surface area contributed by atoms with Crippen LogP contribution < -0.4 is 19.9 Å². The van der Waals surface area contributed by atoms with E-state index >= 15 is 0 Å². The third kappa shape index (κ3) is 4.40. The molecule has 0 bridgehead atoms. The van der Waals surface area contributed by atoms with Gasteiger partial charge in [0.25, 0.3) is 0 Å². The Morgan fingerprint density at radius 2 is 1.85 bits per heavy atom. The molecular weight excluding hydrogens is 430 g/mol. The van der Waals surface area contributed by atoms with Crippen molar-refractivity contribution in [3.63, 3.8) is 0 Å². The van der Waals surface area contributed by atoms with Crippen LogP contribution in [0.3, 0.4) is 0 Å². The molecule has 182 valence electrons. The van der Waals surface area contributed by atoms with Crippen molar-refractivity contribution >= 4 is 17.3 Å². The van der Waals surface area contributed by atoms with Crippen LogP contribution in [0, 0.1) is 0 Å². The summed E-state index contributed by atoms with van der Waals surface area (Å²) in [6.45, 7) is 12.2. The lowest BCUT2D eigenvalue weighted by molar-refractivity contribution is 0.122. The molecule has 2 aliphatic rings. The van der Waals surface area contributed by atoms with Gasteiger partial charge in [0.15, 0.2) is 17.5 Å². The molecule has 9 nitrogen and oxygen atoms in total. The number of nitrogens with one attached hydrogen (secondary N) is 1. The first-order valence-electron chi connectivity index (χ1n) is 12.1. The molecule has 2 aliphatic heterocycles. The SMILES string of the molecule is CC.CCN1c2nc(-c3ccc(OC)c(-c4ccn(C)n4)c3)nc(N3CCOCC3)c2NC1C. The van der Waals surface area contributed by atoms with E-state index in [1.54, 1.807) is 11.8 Å². The summed E-state index contributed by atoms with van der Waals surface area (Å²) >= 11 is 0. The summed E-state index contributed by atoms with van der Waals surface area (Å²) in [5.74, 6) is 3.35. The number of fused-ring (bicyclic) bond motifs is 1. The molecular formula is C25H35N7O2. The number of nitrogens with zero attached hydrogens (tertiary/aromatic N) is 6. The smallest absolute Gasteiger partial charge is 0.164 e. The van der Waals surface area contributed by atoms with E-state index in [1.165, 1.54) is 0 Å². The van der Waals surface area contributed by atoms with Crippen LogP contribution in [0.1, 0.15) is 27.7 Å². The summed E-state index contributed by atoms with van der Waals surface area (Å²) in [6, 6.07) is 8.02. The molecule has 0 spiro atoms. The van der Waals surface area contributed by atoms with Crippen LogP contribution in [0.2, 0.25) is 0 Å². The lowest BCUT2D eigenvalue weighted by atomic mass is 10.1. The van der Waals surface area contributed by atoms with Gasteiger partial charge in [-0.3, -0.25) is 4.68 Å². The summed E-state index contributed by atoms with van der Waals surface area (Å²) in [4.78, 5) is 14.6. The molecule has 0 amide bonds. The Kier molecular flexibility index (Phi) is 7.21. The zero-order valence-electron chi connectivity index (χ0n) is 21.0. The van der Waals surface area contributed by atoms with Gasteiger partial charge >= 0.3 is 0 Å². The number of aryl methyl sites for hydroxylation is 1. The fourth-order valence-electron chi connectivity index (χ4n) is 4.41. The topological polar surface area (TPSA) is 80.6 Å². The highest BCUT2D eigenvalue weighted by molar-refractivity contribution is 5.85. The molecule has 0 saturated carbocycles. The summed E-state index contributed by atoms with van der Waals surface area (Å²) in [5.41, 5.74) is 3.70. The Labute approximate surface area is 201 Å². The molecule has 1 fully saturated rings. The first kappa shape index (κ1) is 23.8. The molecule has 0 aliphatic carbocycles. The molecule has 2 aromatic heterocycles. The molecule has 34 heavy (non-hydrogen) atoms. The second kappa shape index (κ2) is 10.3. The summed E-state index contributed by atoms with van der Waals surface area (Å²) < 4.78 is 13.0. The monoisotopic (exact) mass is 465 g/mol. The number of ether oxygens (including phenoxy) is 2. The lowest BCUT2D eigenvalue weighted by Crippen LogP contribution is -2.37. The van der Waals surface area contributed by atoms with Gasteiger partial charge in [-0.05, 0) is 38.1 Å². The predicted molar refractivity (Wildman–Crippen MR) is 137 cm³/mol. The van der Waals surface area contributed by atoms with E-state index in [1.807, 2.05) is 45.3 Å². The maximum Gasteiger partial charge on any atom is 0.164 e. The zero-order valence-corrected chi connectivity index (χ0v) is 21.0. The number of hydrogen-bond donors (Lipinski definition) is 1. The highest BCUT2D eigenvalue weighted by atomic mass is 16.5. The van der Waals surface area contributed by atoms with E-state index in [2.05, 4.69) is 40.1 Å². The molecule has 1 unspecified atom stereocenters. The largest absolute Gasteiger partial charge is 0.496 e. The zero-order chi connectivity index (χ0) is 24.2. The third-order valence-corrected chi connectivity index (χ3v) is 6.06. The van der Waals surface area contributed by atoms with Crippen molar-refractivity contribution in [2.75, 3.05) is 55.1 Å². The van der Waals surface area contributed by atoms with E-state index < -0.39 is 0 Å². The Balaban J connectivity index is 0.00000133. The average molecular weight is 466 g/mol. The molecule has 1 atom stereocenters. The summed E-state index contributed by atoms with van der Waals surface area (Å²) in [5, 5.41) is 8.15. The van der Waals surface area contributed by atoms with Crippen LogP contribution in [0.15, 0.2) is 30.5 Å². The first-order valence-corrected chi connectivity index (χ1v) is 12.1. The van der Waals surface area contributed by atoms with Crippen molar-refractivity contribution in [1.29, 1.82) is 0 Å². The van der Waals surface area contributed by atoms with Gasteiger partial charge in [0.1, 0.15) is 11.4 Å². The first-order chi connectivity index (χ1) is 16.6. The Bertz CT molecular complexity index is 1120. The number of anilines is 3. The van der Waals surface area contributed by atoms with Crippen molar-refractivity contribution in [3.8, 4) is 28.4 Å². The van der Waals surface area contributed by atoms with Gasteiger partial charge in [-0.1, -0.05) is 13.8 Å². The van der Waals surface area contributed by atoms with Gasteiger partial charge in [0, 0.05) is 44.0 Å². The van der Waals surface area contributed by atoms with Crippen molar-refractivity contribution in [1.82, 2.24) is 19.7 Å². The molecule has 1 saturated heterocycles. The molecule has 0 radical (unpaired) electrons. The van der Waals surface area contributed by atoms with Crippen LogP contribution in [-0.4, -0.2) is 65.9 Å². The molecule has 3 aromatic rings. The van der Waals surface area contributed by atoms with Crippen LogP contribution in [0.5, 0.6) is 5.75 Å². The standard InChI is InChI=1S/C23H29N7O2.C2H6/c1-5-30-15(2)24-20-22(29-10-12-32-13-11-29)25-21(26-23(20)30)16-6-7-19(31-4)17(14-16)18-8-9-28(3)27-18;1-2/h6-9,14-15,24H,5,10-13H2,1-4H3;1-2H3. The second-order valence-corrected chi connectivity index (χ2v) is 8.06. The van der Waals surface area contributed by atoms with E-state index in [-0.39, 0.29) is 6.17 Å². The molecule has 5 rings (SSSR count). The minimum atomic E-state index is 0.166. The Hall–Kier alpha value is -3.33. The van der Waals surface area contributed by atoms with Crippen LogP contribution in [0.4, 0.5) is 17.3 Å². The van der Waals surface area contributed by atoms with E-state index in [0.29, 0.717) is 19.0 Å². The fraction of sp³-hybridized carbons (Fsp3) is 0.480. The number of aromatic nitrogens is 4. The van der Waals surface area contributed by atoms with E-state index in [4.69, 9.17) is 19.4 Å². The summed E-state index contributed by atoms with van der Waals surface area (Å²) in [6.07, 6.45) is 2.09.